The molecule has 1 atom stereocenters. The molecule has 1 aromatic carbocycles. The topological polar surface area (TPSA) is 44.8 Å². The molecule has 0 saturated carbocycles. The minimum Gasteiger partial charge on any atom is -0.382 e. The number of carbonyl (C=O) groups excluding carboxylic acids is 1. The quantitative estimate of drug-likeness (QED) is 0.394. The molecule has 1 aromatic rings. The molecular formula is C16H24O4. The molecule has 0 radical (unpaired) electrons. The number of hydrogen-bond acceptors (Lipinski definition) is 4. The second-order valence-corrected chi connectivity index (χ2v) is 4.83. The van der Waals surface area contributed by atoms with E-state index < -0.39 is 5.97 Å². The Morgan fingerprint density at radius 1 is 1.25 bits per heavy atom. The van der Waals surface area contributed by atoms with Gasteiger partial charge in [0.15, 0.2) is 0 Å². The fraction of sp³-hybridized carbons (Fsp3) is 0.562. The second-order valence-electron chi connectivity index (χ2n) is 4.83. The molecule has 0 amide bonds. The van der Waals surface area contributed by atoms with Gasteiger partial charge in [-0.15, -0.1) is 0 Å². The molecule has 0 aliphatic rings. The molecule has 0 bridgehead atoms. The number of rotatable bonds is 9. The van der Waals surface area contributed by atoms with Crippen LogP contribution in [0, 0.1) is 0 Å². The number of benzene rings is 1. The van der Waals surface area contributed by atoms with Crippen molar-refractivity contribution < 1.29 is 19.3 Å². The van der Waals surface area contributed by atoms with E-state index in [4.69, 9.17) is 14.5 Å². The Balaban J connectivity index is 2.32. The summed E-state index contributed by atoms with van der Waals surface area (Å²) in [4.78, 5) is 21.3. The number of hydrogen-bond donors (Lipinski definition) is 0. The average molecular weight is 280 g/mol. The third kappa shape index (κ3) is 6.17. The van der Waals surface area contributed by atoms with Crippen LogP contribution in [0.2, 0.25) is 0 Å². The second kappa shape index (κ2) is 9.50. The number of carbonyl (C=O) groups is 1. The lowest BCUT2D eigenvalue weighted by molar-refractivity contribution is -0.244. The van der Waals surface area contributed by atoms with Crippen LogP contribution in [0.15, 0.2) is 24.3 Å². The van der Waals surface area contributed by atoms with Crippen molar-refractivity contribution in [3.05, 3.63) is 35.4 Å². The lowest BCUT2D eigenvalue weighted by atomic mass is 10.1. The normalized spacial score (nSPS) is 12.2. The molecule has 1 unspecified atom stereocenters. The molecule has 0 fully saturated rings. The molecule has 0 N–H and O–H groups in total. The highest BCUT2D eigenvalue weighted by molar-refractivity contribution is 5.88. The van der Waals surface area contributed by atoms with Crippen LogP contribution in [-0.2, 0) is 20.9 Å². The van der Waals surface area contributed by atoms with Gasteiger partial charge in [0.25, 0.3) is 0 Å². The van der Waals surface area contributed by atoms with Crippen molar-refractivity contribution in [2.75, 3.05) is 13.7 Å². The van der Waals surface area contributed by atoms with Crippen molar-refractivity contribution in [1.82, 2.24) is 0 Å². The Kier molecular flexibility index (Phi) is 7.92. The van der Waals surface area contributed by atoms with E-state index in [1.807, 2.05) is 19.1 Å². The fourth-order valence-electron chi connectivity index (χ4n) is 1.66. The average Bonchev–Trinajstić information content (AvgIpc) is 2.49. The van der Waals surface area contributed by atoms with Crippen molar-refractivity contribution in [1.29, 1.82) is 0 Å². The molecule has 0 aliphatic carbocycles. The number of aryl methyl sites for hydroxylation is 1. The monoisotopic (exact) mass is 280 g/mol. The van der Waals surface area contributed by atoms with Crippen LogP contribution in [0.1, 0.15) is 49.0 Å². The third-order valence-corrected chi connectivity index (χ3v) is 3.15. The summed E-state index contributed by atoms with van der Waals surface area (Å²) in [5.41, 5.74) is 1.74. The van der Waals surface area contributed by atoms with E-state index in [1.165, 1.54) is 5.56 Å². The molecule has 0 aliphatic heterocycles. The van der Waals surface area contributed by atoms with Crippen LogP contribution in [0.3, 0.4) is 0 Å². The summed E-state index contributed by atoms with van der Waals surface area (Å²) in [5.74, 6) is -0.461. The SMILES string of the molecule is CCCCc1ccc(C(=O)OOCCC(C)OC)cc1. The Morgan fingerprint density at radius 3 is 2.55 bits per heavy atom. The van der Waals surface area contributed by atoms with Crippen LogP contribution in [-0.4, -0.2) is 25.8 Å². The van der Waals surface area contributed by atoms with Crippen LogP contribution < -0.4 is 0 Å². The maximum absolute atomic E-state index is 11.7. The summed E-state index contributed by atoms with van der Waals surface area (Å²) < 4.78 is 5.07. The van der Waals surface area contributed by atoms with Gasteiger partial charge in [-0.25, -0.2) is 4.79 Å². The van der Waals surface area contributed by atoms with Crippen molar-refractivity contribution in [2.24, 2.45) is 0 Å². The van der Waals surface area contributed by atoms with Crippen molar-refractivity contribution in [2.45, 2.75) is 45.6 Å². The zero-order valence-corrected chi connectivity index (χ0v) is 12.6. The standard InChI is InChI=1S/C16H24O4/c1-4-5-6-14-7-9-15(10-8-14)16(17)20-19-12-11-13(2)18-3/h7-10,13H,4-6,11-12H2,1-3H3. The molecule has 1 rings (SSSR count). The lowest BCUT2D eigenvalue weighted by Gasteiger charge is -2.08. The Morgan fingerprint density at radius 2 is 1.95 bits per heavy atom. The first kappa shape index (κ1) is 16.7. The lowest BCUT2D eigenvalue weighted by Crippen LogP contribution is -2.12. The molecule has 20 heavy (non-hydrogen) atoms. The fourth-order valence-corrected chi connectivity index (χ4v) is 1.66. The Bertz CT molecular complexity index is 386. The molecule has 4 nitrogen and oxygen atoms in total. The Hall–Kier alpha value is -1.39. The predicted molar refractivity (Wildman–Crippen MR) is 77.5 cm³/mol. The van der Waals surface area contributed by atoms with Crippen LogP contribution in [0.5, 0.6) is 0 Å². The van der Waals surface area contributed by atoms with Gasteiger partial charge in [0.05, 0.1) is 18.3 Å². The maximum Gasteiger partial charge on any atom is 0.373 e. The highest BCUT2D eigenvalue weighted by Gasteiger charge is 2.08. The first-order valence-corrected chi connectivity index (χ1v) is 7.13. The maximum atomic E-state index is 11.7. The van der Waals surface area contributed by atoms with E-state index in [-0.39, 0.29) is 6.10 Å². The zero-order valence-electron chi connectivity index (χ0n) is 12.6. The smallest absolute Gasteiger partial charge is 0.373 e. The van der Waals surface area contributed by atoms with Gasteiger partial charge in [0.1, 0.15) is 0 Å². The largest absolute Gasteiger partial charge is 0.382 e. The summed E-state index contributed by atoms with van der Waals surface area (Å²) in [6.07, 6.45) is 4.13. The van der Waals surface area contributed by atoms with Crippen LogP contribution in [0.4, 0.5) is 0 Å². The molecule has 0 spiro atoms. The molecule has 0 saturated heterocycles. The summed E-state index contributed by atoms with van der Waals surface area (Å²) >= 11 is 0. The van der Waals surface area contributed by atoms with E-state index >= 15 is 0 Å². The highest BCUT2D eigenvalue weighted by Crippen LogP contribution is 2.09. The van der Waals surface area contributed by atoms with Gasteiger partial charge < -0.3 is 4.74 Å². The van der Waals surface area contributed by atoms with Gasteiger partial charge in [-0.05, 0) is 37.5 Å². The van der Waals surface area contributed by atoms with E-state index in [1.54, 1.807) is 19.2 Å². The predicted octanol–water partition coefficient (Wildman–Crippen LogP) is 3.54. The van der Waals surface area contributed by atoms with Crippen molar-refractivity contribution in [3.63, 3.8) is 0 Å². The molecule has 0 heterocycles. The van der Waals surface area contributed by atoms with Gasteiger partial charge in [-0.1, -0.05) is 25.5 Å². The number of ether oxygens (including phenoxy) is 1. The summed E-state index contributed by atoms with van der Waals surface area (Å²) in [7, 11) is 1.64. The summed E-state index contributed by atoms with van der Waals surface area (Å²) in [6.45, 7) is 4.42. The van der Waals surface area contributed by atoms with E-state index in [9.17, 15) is 4.79 Å². The molecular weight excluding hydrogens is 256 g/mol. The minimum atomic E-state index is -0.461. The number of methoxy groups -OCH3 is 1. The van der Waals surface area contributed by atoms with Crippen molar-refractivity contribution >= 4 is 5.97 Å². The minimum absolute atomic E-state index is 0.0894. The van der Waals surface area contributed by atoms with Crippen LogP contribution in [0.25, 0.3) is 0 Å². The van der Waals surface area contributed by atoms with Gasteiger partial charge >= 0.3 is 5.97 Å². The van der Waals surface area contributed by atoms with Gasteiger partial charge in [-0.3, -0.25) is 4.89 Å². The van der Waals surface area contributed by atoms with E-state index in [0.29, 0.717) is 18.6 Å². The van der Waals surface area contributed by atoms with Gasteiger partial charge in [-0.2, -0.15) is 4.89 Å². The van der Waals surface area contributed by atoms with Gasteiger partial charge in [0.2, 0.25) is 0 Å². The molecule has 112 valence electrons. The first-order valence-electron chi connectivity index (χ1n) is 7.13. The van der Waals surface area contributed by atoms with E-state index in [2.05, 4.69) is 6.92 Å². The summed E-state index contributed by atoms with van der Waals surface area (Å²) in [5, 5.41) is 0. The third-order valence-electron chi connectivity index (χ3n) is 3.15. The van der Waals surface area contributed by atoms with E-state index in [0.717, 1.165) is 19.3 Å². The summed E-state index contributed by atoms with van der Waals surface area (Å²) in [6, 6.07) is 7.46. The zero-order chi connectivity index (χ0) is 14.8. The first-order chi connectivity index (χ1) is 9.67. The highest BCUT2D eigenvalue weighted by atomic mass is 17.2. The number of unbranched alkanes of at least 4 members (excludes halogenated alkanes) is 1. The van der Waals surface area contributed by atoms with Crippen molar-refractivity contribution in [3.8, 4) is 0 Å². The van der Waals surface area contributed by atoms with Gasteiger partial charge in [0, 0.05) is 13.5 Å². The molecule has 0 aromatic heterocycles. The van der Waals surface area contributed by atoms with Crippen LogP contribution >= 0.6 is 0 Å². The molecule has 4 heteroatoms. The Labute approximate surface area is 121 Å².